The molecule has 0 aliphatic carbocycles. The number of imide groups is 1. The second-order valence-electron chi connectivity index (χ2n) is 7.56. The first-order valence-electron chi connectivity index (χ1n) is 9.96. The predicted molar refractivity (Wildman–Crippen MR) is 113 cm³/mol. The van der Waals surface area contributed by atoms with Gasteiger partial charge in [0.05, 0.1) is 22.7 Å². The minimum Gasteiger partial charge on any atom is -0.452 e. The number of hydrogen-bond acceptors (Lipinski definition) is 7. The number of esters is 1. The van der Waals surface area contributed by atoms with Crippen molar-refractivity contribution in [1.82, 2.24) is 14.2 Å². The summed E-state index contributed by atoms with van der Waals surface area (Å²) >= 11 is 0. The summed E-state index contributed by atoms with van der Waals surface area (Å²) in [6, 6.07) is 8.60. The van der Waals surface area contributed by atoms with Crippen molar-refractivity contribution < 1.29 is 32.3 Å². The number of amides is 2. The molecule has 2 atom stereocenters. The normalized spacial score (nSPS) is 19.3. The summed E-state index contributed by atoms with van der Waals surface area (Å²) in [6.45, 7) is 3.30. The largest absolute Gasteiger partial charge is 0.452 e. The van der Waals surface area contributed by atoms with Crippen molar-refractivity contribution in [2.45, 2.75) is 31.0 Å². The van der Waals surface area contributed by atoms with E-state index in [4.69, 9.17) is 9.47 Å². The molecule has 1 aliphatic rings. The van der Waals surface area contributed by atoms with Crippen LogP contribution in [0.5, 0.6) is 0 Å². The van der Waals surface area contributed by atoms with E-state index in [1.54, 1.807) is 33.2 Å². The van der Waals surface area contributed by atoms with Crippen molar-refractivity contribution >= 4 is 27.8 Å². The Labute approximate surface area is 186 Å². The zero-order chi connectivity index (χ0) is 23.5. The molecule has 0 saturated carbocycles. The number of hydrogen-bond donors (Lipinski definition) is 1. The van der Waals surface area contributed by atoms with Gasteiger partial charge in [0.1, 0.15) is 5.69 Å². The van der Waals surface area contributed by atoms with Crippen LogP contribution in [0.15, 0.2) is 47.5 Å². The molecule has 1 fully saturated rings. The molecule has 1 aromatic heterocycles. The standard InChI is InChI=1S/C21H25N3O7S/c1-14-11-24(12-15(2)31-14)32(28,29)17-7-4-6-16(10-17)21(27)30-13-19(25)22-20(26)18-8-5-9-23(18)3/h4-10,14-15H,11-13H2,1-3H3,(H,22,25,26)/t14-,15-/m1/s1. The molecule has 0 radical (unpaired) electrons. The summed E-state index contributed by atoms with van der Waals surface area (Å²) < 4.78 is 39.4. The Balaban J connectivity index is 1.63. The third kappa shape index (κ3) is 5.42. The van der Waals surface area contributed by atoms with Gasteiger partial charge >= 0.3 is 5.97 Å². The lowest BCUT2D eigenvalue weighted by Gasteiger charge is -2.34. The lowest BCUT2D eigenvalue weighted by molar-refractivity contribution is -0.123. The third-order valence-electron chi connectivity index (χ3n) is 4.86. The average Bonchev–Trinajstić information content (AvgIpc) is 3.17. The van der Waals surface area contributed by atoms with Gasteiger partial charge in [-0.25, -0.2) is 13.2 Å². The van der Waals surface area contributed by atoms with Gasteiger partial charge in [0, 0.05) is 26.3 Å². The number of carbonyl (C=O) groups is 3. The lowest BCUT2D eigenvalue weighted by Crippen LogP contribution is -2.48. The van der Waals surface area contributed by atoms with Gasteiger partial charge in [-0.3, -0.25) is 14.9 Å². The van der Waals surface area contributed by atoms with Crippen LogP contribution in [0, 0.1) is 0 Å². The van der Waals surface area contributed by atoms with E-state index in [0.29, 0.717) is 0 Å². The van der Waals surface area contributed by atoms with Crippen LogP contribution in [-0.4, -0.2) is 67.0 Å². The van der Waals surface area contributed by atoms with Crippen molar-refractivity contribution in [2.75, 3.05) is 19.7 Å². The Morgan fingerprint density at radius 2 is 1.81 bits per heavy atom. The topological polar surface area (TPSA) is 124 Å². The molecule has 0 bridgehead atoms. The van der Waals surface area contributed by atoms with Gasteiger partial charge in [0.25, 0.3) is 11.8 Å². The van der Waals surface area contributed by atoms with Crippen molar-refractivity contribution in [1.29, 1.82) is 0 Å². The number of benzene rings is 1. The summed E-state index contributed by atoms with van der Waals surface area (Å²) in [5, 5.41) is 2.13. The smallest absolute Gasteiger partial charge is 0.338 e. The fourth-order valence-electron chi connectivity index (χ4n) is 3.40. The quantitative estimate of drug-likeness (QED) is 0.632. The number of nitrogens with one attached hydrogen (secondary N) is 1. The first-order chi connectivity index (χ1) is 15.1. The second-order valence-corrected chi connectivity index (χ2v) is 9.50. The van der Waals surface area contributed by atoms with Crippen LogP contribution >= 0.6 is 0 Å². The molecule has 1 saturated heterocycles. The molecule has 2 heterocycles. The van der Waals surface area contributed by atoms with Crippen LogP contribution in [-0.2, 0) is 31.3 Å². The van der Waals surface area contributed by atoms with E-state index in [2.05, 4.69) is 5.32 Å². The maximum Gasteiger partial charge on any atom is 0.338 e. The van der Waals surface area contributed by atoms with Crippen molar-refractivity contribution in [3.63, 3.8) is 0 Å². The monoisotopic (exact) mass is 463 g/mol. The predicted octanol–water partition coefficient (Wildman–Crippen LogP) is 0.936. The average molecular weight is 464 g/mol. The highest BCUT2D eigenvalue weighted by Gasteiger charge is 2.32. The SMILES string of the molecule is C[C@@H]1CN(S(=O)(=O)c2cccc(C(=O)OCC(=O)NC(=O)c3cccn3C)c2)C[C@@H](C)O1. The number of rotatable bonds is 6. The molecule has 2 aromatic rings. The summed E-state index contributed by atoms with van der Waals surface area (Å²) in [5.41, 5.74) is 0.247. The van der Waals surface area contributed by atoms with Crippen LogP contribution < -0.4 is 5.32 Å². The van der Waals surface area contributed by atoms with E-state index < -0.39 is 34.4 Å². The Morgan fingerprint density at radius 3 is 2.44 bits per heavy atom. The van der Waals surface area contributed by atoms with Crippen LogP contribution in [0.4, 0.5) is 0 Å². The van der Waals surface area contributed by atoms with E-state index in [1.165, 1.54) is 39.2 Å². The maximum atomic E-state index is 13.0. The van der Waals surface area contributed by atoms with Crippen LogP contribution in [0.1, 0.15) is 34.7 Å². The molecule has 1 aromatic carbocycles. The van der Waals surface area contributed by atoms with Crippen molar-refractivity contribution in [3.8, 4) is 0 Å². The molecule has 172 valence electrons. The number of aromatic nitrogens is 1. The van der Waals surface area contributed by atoms with Gasteiger partial charge in [-0.05, 0) is 44.2 Å². The van der Waals surface area contributed by atoms with E-state index in [-0.39, 0.29) is 41.5 Å². The van der Waals surface area contributed by atoms with Crippen LogP contribution in [0.3, 0.4) is 0 Å². The summed E-state index contributed by atoms with van der Waals surface area (Å²) in [7, 11) is -2.19. The van der Waals surface area contributed by atoms with E-state index >= 15 is 0 Å². The maximum absolute atomic E-state index is 13.0. The Hall–Kier alpha value is -3.02. The number of sulfonamides is 1. The first-order valence-corrected chi connectivity index (χ1v) is 11.4. The molecule has 0 spiro atoms. The highest BCUT2D eigenvalue weighted by Crippen LogP contribution is 2.22. The number of ether oxygens (including phenoxy) is 2. The number of aryl methyl sites for hydroxylation is 1. The van der Waals surface area contributed by atoms with E-state index in [1.807, 2.05) is 0 Å². The molecule has 11 heteroatoms. The Bertz CT molecular complexity index is 1120. The van der Waals surface area contributed by atoms with Gasteiger partial charge < -0.3 is 14.0 Å². The Kier molecular flexibility index (Phi) is 7.12. The van der Waals surface area contributed by atoms with Crippen LogP contribution in [0.2, 0.25) is 0 Å². The fraction of sp³-hybridized carbons (Fsp3) is 0.381. The molecule has 0 unspecified atom stereocenters. The lowest BCUT2D eigenvalue weighted by atomic mass is 10.2. The van der Waals surface area contributed by atoms with Crippen molar-refractivity contribution in [2.24, 2.45) is 7.05 Å². The van der Waals surface area contributed by atoms with E-state index in [0.717, 1.165) is 0 Å². The molecule has 1 N–H and O–H groups in total. The zero-order valence-corrected chi connectivity index (χ0v) is 18.8. The summed E-state index contributed by atoms with van der Waals surface area (Å²) in [4.78, 5) is 36.3. The minimum atomic E-state index is -3.84. The van der Waals surface area contributed by atoms with Gasteiger partial charge in [0.2, 0.25) is 10.0 Å². The second kappa shape index (κ2) is 9.63. The van der Waals surface area contributed by atoms with E-state index in [9.17, 15) is 22.8 Å². The third-order valence-corrected chi connectivity index (χ3v) is 6.68. The molecule has 2 amide bonds. The highest BCUT2D eigenvalue weighted by atomic mass is 32.2. The van der Waals surface area contributed by atoms with Crippen molar-refractivity contribution in [3.05, 3.63) is 53.9 Å². The number of carbonyl (C=O) groups excluding carboxylic acids is 3. The molecule has 1 aliphatic heterocycles. The van der Waals surface area contributed by atoms with Gasteiger partial charge in [-0.15, -0.1) is 0 Å². The minimum absolute atomic E-state index is 0.0259. The molecular weight excluding hydrogens is 438 g/mol. The molecule has 10 nitrogen and oxygen atoms in total. The summed E-state index contributed by atoms with van der Waals surface area (Å²) in [5.74, 6) is -2.31. The molecule has 32 heavy (non-hydrogen) atoms. The van der Waals surface area contributed by atoms with Gasteiger partial charge in [-0.2, -0.15) is 4.31 Å². The molecular formula is C21H25N3O7S. The first kappa shape index (κ1) is 23.6. The molecule has 3 rings (SSSR count). The van der Waals surface area contributed by atoms with Crippen LogP contribution in [0.25, 0.3) is 0 Å². The van der Waals surface area contributed by atoms with Gasteiger partial charge in [0.15, 0.2) is 6.61 Å². The van der Waals surface area contributed by atoms with Gasteiger partial charge in [-0.1, -0.05) is 6.07 Å². The highest BCUT2D eigenvalue weighted by molar-refractivity contribution is 7.89. The number of morpholine rings is 1. The zero-order valence-electron chi connectivity index (χ0n) is 18.0. The fourth-order valence-corrected chi connectivity index (χ4v) is 5.03. The summed E-state index contributed by atoms with van der Waals surface area (Å²) in [6.07, 6.45) is 1.15. The Morgan fingerprint density at radius 1 is 1.12 bits per heavy atom. The number of nitrogens with zero attached hydrogens (tertiary/aromatic N) is 2.